The highest BCUT2D eigenvalue weighted by Crippen LogP contribution is 2.31. The Morgan fingerprint density at radius 1 is 1.14 bits per heavy atom. The van der Waals surface area contributed by atoms with Crippen molar-refractivity contribution in [2.75, 3.05) is 26.4 Å². The summed E-state index contributed by atoms with van der Waals surface area (Å²) in [5.74, 6) is 0.730. The summed E-state index contributed by atoms with van der Waals surface area (Å²) in [7, 11) is 0. The molecular formula is C17H28FNO3. The third-order valence-electron chi connectivity index (χ3n) is 3.45. The Labute approximate surface area is 132 Å². The Morgan fingerprint density at radius 3 is 2.23 bits per heavy atom. The van der Waals surface area contributed by atoms with Gasteiger partial charge < -0.3 is 20.3 Å². The van der Waals surface area contributed by atoms with Crippen LogP contribution in [0.2, 0.25) is 0 Å². The monoisotopic (exact) mass is 313 g/mol. The van der Waals surface area contributed by atoms with Crippen LogP contribution in [0.15, 0.2) is 12.1 Å². The molecule has 0 amide bonds. The van der Waals surface area contributed by atoms with Crippen molar-refractivity contribution in [3.63, 3.8) is 0 Å². The van der Waals surface area contributed by atoms with Crippen molar-refractivity contribution in [2.45, 2.75) is 39.5 Å². The van der Waals surface area contributed by atoms with Gasteiger partial charge in [-0.2, -0.15) is 0 Å². The second kappa shape index (κ2) is 10.4. The summed E-state index contributed by atoms with van der Waals surface area (Å²) in [6.07, 6.45) is 2.89. The molecule has 0 heterocycles. The normalized spacial score (nSPS) is 12.2. The van der Waals surface area contributed by atoms with Gasteiger partial charge in [-0.15, -0.1) is 0 Å². The Hall–Kier alpha value is -1.33. The standard InChI is InChI=1S/C17H28FNO3/c1-3-7-21-16-9-14(6-5-13(11-19)12-20)15(18)10-17(16)22-8-4-2/h9-10,13,20H,3-8,11-12,19H2,1-2H3. The molecule has 0 aliphatic carbocycles. The van der Waals surface area contributed by atoms with Crippen molar-refractivity contribution in [3.05, 3.63) is 23.5 Å². The zero-order valence-electron chi connectivity index (χ0n) is 13.6. The fourth-order valence-corrected chi connectivity index (χ4v) is 2.06. The zero-order chi connectivity index (χ0) is 16.4. The van der Waals surface area contributed by atoms with Crippen molar-refractivity contribution in [2.24, 2.45) is 11.7 Å². The van der Waals surface area contributed by atoms with E-state index < -0.39 is 0 Å². The number of rotatable bonds is 11. The van der Waals surface area contributed by atoms with E-state index in [2.05, 4.69) is 0 Å². The van der Waals surface area contributed by atoms with Gasteiger partial charge in [0.15, 0.2) is 11.5 Å². The van der Waals surface area contributed by atoms with E-state index in [0.717, 1.165) is 12.8 Å². The van der Waals surface area contributed by atoms with E-state index in [1.165, 1.54) is 6.07 Å². The van der Waals surface area contributed by atoms with Crippen molar-refractivity contribution in [1.82, 2.24) is 0 Å². The highest BCUT2D eigenvalue weighted by molar-refractivity contribution is 5.44. The predicted molar refractivity (Wildman–Crippen MR) is 85.9 cm³/mol. The molecule has 0 aromatic heterocycles. The topological polar surface area (TPSA) is 64.7 Å². The smallest absolute Gasteiger partial charge is 0.164 e. The Bertz CT molecular complexity index is 436. The quantitative estimate of drug-likeness (QED) is 0.659. The van der Waals surface area contributed by atoms with Crippen molar-refractivity contribution in [3.8, 4) is 11.5 Å². The van der Waals surface area contributed by atoms with Crippen LogP contribution in [0.1, 0.15) is 38.7 Å². The lowest BCUT2D eigenvalue weighted by molar-refractivity contribution is 0.222. The molecule has 0 radical (unpaired) electrons. The first-order chi connectivity index (χ1) is 10.7. The van der Waals surface area contributed by atoms with Crippen LogP contribution in [0.3, 0.4) is 0 Å². The SMILES string of the molecule is CCCOc1cc(F)c(CCC(CN)CO)cc1OCCC. The largest absolute Gasteiger partial charge is 0.490 e. The van der Waals surface area contributed by atoms with Gasteiger partial charge >= 0.3 is 0 Å². The maximum Gasteiger partial charge on any atom is 0.164 e. The highest BCUT2D eigenvalue weighted by atomic mass is 19.1. The number of aryl methyl sites for hydroxylation is 1. The van der Waals surface area contributed by atoms with E-state index in [1.54, 1.807) is 6.07 Å². The molecule has 1 aromatic carbocycles. The lowest BCUT2D eigenvalue weighted by Crippen LogP contribution is -2.18. The second-order valence-corrected chi connectivity index (χ2v) is 5.41. The molecule has 1 aromatic rings. The van der Waals surface area contributed by atoms with Crippen LogP contribution in [0, 0.1) is 11.7 Å². The van der Waals surface area contributed by atoms with Gasteiger partial charge in [-0.1, -0.05) is 13.8 Å². The number of ether oxygens (including phenoxy) is 2. The minimum atomic E-state index is -0.302. The molecule has 1 rings (SSSR count). The average Bonchev–Trinajstić information content (AvgIpc) is 2.53. The summed E-state index contributed by atoms with van der Waals surface area (Å²) in [5, 5.41) is 9.17. The third kappa shape index (κ3) is 5.81. The maximum absolute atomic E-state index is 14.2. The number of hydrogen-bond acceptors (Lipinski definition) is 4. The number of hydrogen-bond donors (Lipinski definition) is 2. The summed E-state index contributed by atoms with van der Waals surface area (Å²) < 4.78 is 25.4. The predicted octanol–water partition coefficient (Wildman–Crippen LogP) is 2.90. The number of benzene rings is 1. The molecule has 0 fully saturated rings. The van der Waals surface area contributed by atoms with Gasteiger partial charge in [0, 0.05) is 12.7 Å². The fraction of sp³-hybridized carbons (Fsp3) is 0.647. The Kier molecular flexibility index (Phi) is 8.85. The van der Waals surface area contributed by atoms with E-state index in [4.69, 9.17) is 20.3 Å². The molecule has 1 atom stereocenters. The van der Waals surface area contributed by atoms with E-state index in [1.807, 2.05) is 13.8 Å². The Morgan fingerprint density at radius 2 is 1.73 bits per heavy atom. The summed E-state index contributed by atoms with van der Waals surface area (Å²) in [6.45, 7) is 5.53. The van der Waals surface area contributed by atoms with Crippen molar-refractivity contribution >= 4 is 0 Å². The summed E-state index contributed by atoms with van der Waals surface area (Å²) in [5.41, 5.74) is 6.13. The number of aliphatic hydroxyl groups excluding tert-OH is 1. The van der Waals surface area contributed by atoms with E-state index in [0.29, 0.717) is 49.7 Å². The molecule has 0 saturated heterocycles. The lowest BCUT2D eigenvalue weighted by atomic mass is 9.99. The van der Waals surface area contributed by atoms with Crippen LogP contribution in [0.5, 0.6) is 11.5 Å². The second-order valence-electron chi connectivity index (χ2n) is 5.41. The first kappa shape index (κ1) is 18.7. The minimum Gasteiger partial charge on any atom is -0.490 e. The molecule has 4 nitrogen and oxygen atoms in total. The van der Waals surface area contributed by atoms with E-state index in [9.17, 15) is 4.39 Å². The molecule has 126 valence electrons. The van der Waals surface area contributed by atoms with Crippen LogP contribution in [0.4, 0.5) is 4.39 Å². The molecule has 0 aliphatic heterocycles. The zero-order valence-corrected chi connectivity index (χ0v) is 13.6. The minimum absolute atomic E-state index is 0.00423. The Balaban J connectivity index is 2.88. The molecule has 0 saturated carbocycles. The molecule has 1 unspecified atom stereocenters. The highest BCUT2D eigenvalue weighted by Gasteiger charge is 2.14. The van der Waals surface area contributed by atoms with Gasteiger partial charge in [0.05, 0.1) is 13.2 Å². The van der Waals surface area contributed by atoms with E-state index >= 15 is 0 Å². The molecular weight excluding hydrogens is 285 g/mol. The summed E-state index contributed by atoms with van der Waals surface area (Å²) in [6, 6.07) is 3.10. The number of halogens is 1. The van der Waals surface area contributed by atoms with Gasteiger partial charge in [-0.05, 0) is 49.8 Å². The van der Waals surface area contributed by atoms with Gasteiger partial charge in [0.25, 0.3) is 0 Å². The average molecular weight is 313 g/mol. The van der Waals surface area contributed by atoms with Gasteiger partial charge in [-0.3, -0.25) is 0 Å². The first-order valence-corrected chi connectivity index (χ1v) is 8.05. The van der Waals surface area contributed by atoms with Crippen molar-refractivity contribution in [1.29, 1.82) is 0 Å². The van der Waals surface area contributed by atoms with Gasteiger partial charge in [-0.25, -0.2) is 4.39 Å². The van der Waals surface area contributed by atoms with Crippen LogP contribution in [-0.2, 0) is 6.42 Å². The fourth-order valence-electron chi connectivity index (χ4n) is 2.06. The summed E-state index contributed by atoms with van der Waals surface area (Å²) in [4.78, 5) is 0. The van der Waals surface area contributed by atoms with Crippen LogP contribution in [-0.4, -0.2) is 31.5 Å². The van der Waals surface area contributed by atoms with E-state index in [-0.39, 0.29) is 18.3 Å². The lowest BCUT2D eigenvalue weighted by Gasteiger charge is -2.16. The third-order valence-corrected chi connectivity index (χ3v) is 3.45. The molecule has 22 heavy (non-hydrogen) atoms. The molecule has 0 spiro atoms. The molecule has 0 bridgehead atoms. The van der Waals surface area contributed by atoms with Gasteiger partial charge in [0.1, 0.15) is 5.82 Å². The van der Waals surface area contributed by atoms with Gasteiger partial charge in [0.2, 0.25) is 0 Å². The first-order valence-electron chi connectivity index (χ1n) is 8.05. The van der Waals surface area contributed by atoms with Crippen LogP contribution < -0.4 is 15.2 Å². The van der Waals surface area contributed by atoms with Crippen LogP contribution in [0.25, 0.3) is 0 Å². The maximum atomic E-state index is 14.2. The summed E-state index contributed by atoms with van der Waals surface area (Å²) >= 11 is 0. The number of aliphatic hydroxyl groups is 1. The van der Waals surface area contributed by atoms with Crippen LogP contribution >= 0.6 is 0 Å². The van der Waals surface area contributed by atoms with Crippen molar-refractivity contribution < 1.29 is 19.0 Å². The molecule has 0 aliphatic rings. The number of nitrogens with two attached hydrogens (primary N) is 1. The molecule has 5 heteroatoms. The molecule has 3 N–H and O–H groups in total.